The second kappa shape index (κ2) is 5.32. The van der Waals surface area contributed by atoms with Crippen molar-refractivity contribution in [1.29, 1.82) is 0 Å². The number of methoxy groups -OCH3 is 1. The Labute approximate surface area is 121 Å². The molecule has 0 fully saturated rings. The first-order chi connectivity index (χ1) is 10.2. The van der Waals surface area contributed by atoms with Crippen LogP contribution in [-0.4, -0.2) is 18.2 Å². The zero-order chi connectivity index (χ0) is 14.8. The highest BCUT2D eigenvalue weighted by Gasteiger charge is 2.27. The fourth-order valence-corrected chi connectivity index (χ4v) is 2.49. The predicted molar refractivity (Wildman–Crippen MR) is 77.8 cm³/mol. The number of ether oxygens (including phenoxy) is 1. The van der Waals surface area contributed by atoms with E-state index in [1.807, 2.05) is 12.1 Å². The second-order valence-corrected chi connectivity index (χ2v) is 4.73. The molecular formula is C17H14O4. The third-order valence-corrected chi connectivity index (χ3v) is 3.51. The van der Waals surface area contributed by atoms with Crippen LogP contribution in [0.15, 0.2) is 59.2 Å². The maximum absolute atomic E-state index is 11.7. The summed E-state index contributed by atoms with van der Waals surface area (Å²) in [7, 11) is 1.58. The predicted octanol–water partition coefficient (Wildman–Crippen LogP) is 3.61. The van der Waals surface area contributed by atoms with Crippen molar-refractivity contribution in [2.45, 2.75) is 5.92 Å². The Kier molecular flexibility index (Phi) is 3.36. The largest absolute Gasteiger partial charge is 0.497 e. The minimum Gasteiger partial charge on any atom is -0.497 e. The lowest BCUT2D eigenvalue weighted by molar-refractivity contribution is -0.137. The molecule has 4 heteroatoms. The van der Waals surface area contributed by atoms with Gasteiger partial charge in [0.2, 0.25) is 0 Å². The Morgan fingerprint density at radius 3 is 2.57 bits per heavy atom. The van der Waals surface area contributed by atoms with E-state index in [-0.39, 0.29) is 0 Å². The van der Waals surface area contributed by atoms with Crippen molar-refractivity contribution in [1.82, 2.24) is 0 Å². The zero-order valence-electron chi connectivity index (χ0n) is 11.4. The van der Waals surface area contributed by atoms with Gasteiger partial charge in [0.1, 0.15) is 17.4 Å². The van der Waals surface area contributed by atoms with Gasteiger partial charge < -0.3 is 14.3 Å². The molecule has 2 aliphatic rings. The van der Waals surface area contributed by atoms with Crippen LogP contribution >= 0.6 is 0 Å². The molecule has 1 aromatic carbocycles. The second-order valence-electron chi connectivity index (χ2n) is 4.73. The third-order valence-electron chi connectivity index (χ3n) is 3.51. The van der Waals surface area contributed by atoms with Crippen molar-refractivity contribution >= 4 is 5.97 Å². The first-order valence-corrected chi connectivity index (χ1v) is 6.53. The molecule has 1 aromatic rings. The number of carboxylic acids is 1. The summed E-state index contributed by atoms with van der Waals surface area (Å²) in [6, 6.07) is 14.4. The number of rotatable bonds is 4. The topological polar surface area (TPSA) is 59.7 Å². The van der Waals surface area contributed by atoms with Crippen LogP contribution in [0.4, 0.5) is 0 Å². The van der Waals surface area contributed by atoms with Gasteiger partial charge in [0.25, 0.3) is 0 Å². The van der Waals surface area contributed by atoms with Gasteiger partial charge in [0, 0.05) is 11.1 Å². The Morgan fingerprint density at radius 1 is 1.14 bits per heavy atom. The molecule has 1 heterocycles. The van der Waals surface area contributed by atoms with E-state index in [4.69, 9.17) is 9.15 Å². The summed E-state index contributed by atoms with van der Waals surface area (Å²) in [5, 5.41) is 9.61. The summed E-state index contributed by atoms with van der Waals surface area (Å²) < 4.78 is 10.6. The summed E-state index contributed by atoms with van der Waals surface area (Å²) in [5.41, 5.74) is 2.24. The minimum atomic E-state index is -0.910. The molecule has 1 aliphatic carbocycles. The molecule has 0 aromatic heterocycles. The van der Waals surface area contributed by atoms with Crippen LogP contribution in [-0.2, 0) is 4.79 Å². The SMILES string of the molecule is COc1ccc(C(C(=O)O)c2ccc3cccoc2-3)cc1. The van der Waals surface area contributed by atoms with Crippen molar-refractivity contribution in [3.8, 4) is 17.1 Å². The lowest BCUT2D eigenvalue weighted by Gasteiger charge is -2.13. The number of hydrogen-bond acceptors (Lipinski definition) is 3. The standard InChI is InChI=1S/C17H14O4/c1-20-13-7-4-11(5-8-13)15(17(18)19)14-9-6-12-3-2-10-21-16(12)14/h2-10,15H,1H3,(H,18,19). The van der Waals surface area contributed by atoms with Crippen LogP contribution in [0.1, 0.15) is 17.0 Å². The average molecular weight is 282 g/mol. The molecule has 0 amide bonds. The Balaban J connectivity index is 2.07. The summed E-state index contributed by atoms with van der Waals surface area (Å²) in [5.74, 6) is -0.369. The molecular weight excluding hydrogens is 268 g/mol. The fourth-order valence-electron chi connectivity index (χ4n) is 2.49. The molecule has 1 N–H and O–H groups in total. The van der Waals surface area contributed by atoms with Gasteiger partial charge in [-0.25, -0.2) is 0 Å². The van der Waals surface area contributed by atoms with Crippen LogP contribution in [0, 0.1) is 0 Å². The van der Waals surface area contributed by atoms with Gasteiger partial charge in [0.05, 0.1) is 13.4 Å². The quantitative estimate of drug-likeness (QED) is 0.794. The fraction of sp³-hybridized carbons (Fsp3) is 0.118. The molecule has 1 unspecified atom stereocenters. The summed E-state index contributed by atoms with van der Waals surface area (Å²) >= 11 is 0. The summed E-state index contributed by atoms with van der Waals surface area (Å²) in [6.45, 7) is 0. The number of fused-ring (bicyclic) bond motifs is 1. The number of aliphatic carboxylic acids is 1. The molecule has 0 saturated carbocycles. The van der Waals surface area contributed by atoms with Crippen molar-refractivity contribution < 1.29 is 19.1 Å². The Morgan fingerprint density at radius 2 is 1.90 bits per heavy atom. The maximum atomic E-state index is 11.7. The van der Waals surface area contributed by atoms with E-state index >= 15 is 0 Å². The lowest BCUT2D eigenvalue weighted by atomic mass is 9.92. The van der Waals surface area contributed by atoms with Crippen molar-refractivity contribution in [2.75, 3.05) is 7.11 Å². The first kappa shape index (κ1) is 13.2. The van der Waals surface area contributed by atoms with Crippen LogP contribution in [0.5, 0.6) is 5.75 Å². The van der Waals surface area contributed by atoms with E-state index in [1.165, 1.54) is 0 Å². The smallest absolute Gasteiger partial charge is 0.315 e. The normalized spacial score (nSPS) is 12.2. The average Bonchev–Trinajstić information content (AvgIpc) is 2.92. The number of carbonyl (C=O) groups is 1. The van der Waals surface area contributed by atoms with Gasteiger partial charge in [-0.05, 0) is 29.8 Å². The van der Waals surface area contributed by atoms with Gasteiger partial charge in [-0.15, -0.1) is 0 Å². The van der Waals surface area contributed by atoms with E-state index in [0.29, 0.717) is 22.6 Å². The summed E-state index contributed by atoms with van der Waals surface area (Å²) in [6.07, 6.45) is 1.55. The molecule has 106 valence electrons. The molecule has 0 saturated heterocycles. The van der Waals surface area contributed by atoms with Crippen molar-refractivity contribution in [2.24, 2.45) is 0 Å². The summed E-state index contributed by atoms with van der Waals surface area (Å²) in [4.78, 5) is 11.7. The number of carboxylic acid groups (broad SMARTS) is 1. The van der Waals surface area contributed by atoms with Gasteiger partial charge in [-0.3, -0.25) is 4.79 Å². The maximum Gasteiger partial charge on any atom is 0.315 e. The van der Waals surface area contributed by atoms with Crippen molar-refractivity contribution in [3.05, 3.63) is 65.9 Å². The highest BCUT2D eigenvalue weighted by Crippen LogP contribution is 2.36. The van der Waals surface area contributed by atoms with E-state index in [2.05, 4.69) is 0 Å². The van der Waals surface area contributed by atoms with E-state index in [9.17, 15) is 9.90 Å². The minimum absolute atomic E-state index is 0.612. The molecule has 1 atom stereocenters. The first-order valence-electron chi connectivity index (χ1n) is 6.53. The zero-order valence-corrected chi connectivity index (χ0v) is 11.4. The molecule has 1 aliphatic heterocycles. The molecule has 3 rings (SSSR count). The Hall–Kier alpha value is -2.75. The van der Waals surface area contributed by atoms with E-state index in [1.54, 1.807) is 49.8 Å². The molecule has 0 spiro atoms. The van der Waals surface area contributed by atoms with Gasteiger partial charge in [-0.2, -0.15) is 0 Å². The molecule has 0 bridgehead atoms. The lowest BCUT2D eigenvalue weighted by Crippen LogP contribution is -2.13. The molecule has 4 nitrogen and oxygen atoms in total. The van der Waals surface area contributed by atoms with Crippen molar-refractivity contribution in [3.63, 3.8) is 0 Å². The van der Waals surface area contributed by atoms with Gasteiger partial charge in [-0.1, -0.05) is 24.3 Å². The molecule has 0 radical (unpaired) electrons. The van der Waals surface area contributed by atoms with Crippen LogP contribution in [0.2, 0.25) is 0 Å². The van der Waals surface area contributed by atoms with E-state index in [0.717, 1.165) is 5.56 Å². The van der Waals surface area contributed by atoms with Crippen LogP contribution in [0.25, 0.3) is 11.3 Å². The van der Waals surface area contributed by atoms with Crippen LogP contribution < -0.4 is 4.74 Å². The highest BCUT2D eigenvalue weighted by molar-refractivity contribution is 5.84. The third kappa shape index (κ3) is 2.36. The highest BCUT2D eigenvalue weighted by atomic mass is 16.5. The van der Waals surface area contributed by atoms with Gasteiger partial charge >= 0.3 is 5.97 Å². The number of benzene rings is 1. The van der Waals surface area contributed by atoms with E-state index < -0.39 is 11.9 Å². The monoisotopic (exact) mass is 282 g/mol. The molecule has 21 heavy (non-hydrogen) atoms. The Bertz CT molecular complexity index is 727. The van der Waals surface area contributed by atoms with Gasteiger partial charge in [0.15, 0.2) is 0 Å². The number of hydrogen-bond donors (Lipinski definition) is 1. The van der Waals surface area contributed by atoms with Crippen LogP contribution in [0.3, 0.4) is 0 Å².